The van der Waals surface area contributed by atoms with E-state index in [9.17, 15) is 8.42 Å². The van der Waals surface area contributed by atoms with Gasteiger partial charge in [-0.25, -0.2) is 13.1 Å². The molecule has 4 N–H and O–H groups in total. The lowest BCUT2D eigenvalue weighted by Gasteiger charge is -2.11. The summed E-state index contributed by atoms with van der Waals surface area (Å²) in [5.41, 5.74) is 5.91. The minimum absolute atomic E-state index is 0.257. The summed E-state index contributed by atoms with van der Waals surface area (Å²) in [5, 5.41) is 3.05. The van der Waals surface area contributed by atoms with Gasteiger partial charge in [-0.2, -0.15) is 0 Å². The van der Waals surface area contributed by atoms with Crippen molar-refractivity contribution in [3.63, 3.8) is 0 Å². The van der Waals surface area contributed by atoms with Crippen LogP contribution in [0.5, 0.6) is 0 Å². The molecule has 5 nitrogen and oxygen atoms in total. The number of hydrogen-bond donors (Lipinski definition) is 3. The van der Waals surface area contributed by atoms with E-state index in [0.29, 0.717) is 25.3 Å². The van der Waals surface area contributed by atoms with Gasteiger partial charge in [0.25, 0.3) is 0 Å². The van der Waals surface area contributed by atoms with Gasteiger partial charge in [-0.1, -0.05) is 31.2 Å². The van der Waals surface area contributed by atoms with Crippen molar-refractivity contribution in [2.75, 3.05) is 25.0 Å². The molecular weight excluding hydrogens is 250 g/mol. The monoisotopic (exact) mass is 269 g/mol. The fourth-order valence-corrected chi connectivity index (χ4v) is 2.69. The molecule has 0 saturated carbocycles. The van der Waals surface area contributed by atoms with Gasteiger partial charge >= 0.3 is 0 Å². The number of benzene rings is 1. The summed E-state index contributed by atoms with van der Waals surface area (Å²) in [6.07, 6.45) is 3.67. The Morgan fingerprint density at radius 3 is 2.67 bits per heavy atom. The smallest absolute Gasteiger partial charge is 0.242 e. The Kier molecular flexibility index (Phi) is 5.84. The van der Waals surface area contributed by atoms with E-state index >= 15 is 0 Å². The first kappa shape index (κ1) is 14.7. The molecule has 100 valence electrons. The lowest BCUT2D eigenvalue weighted by atomic mass is 10.3. The maximum absolute atomic E-state index is 12.0. The summed E-state index contributed by atoms with van der Waals surface area (Å²) in [5.74, 6) is 0. The molecule has 0 atom stereocenters. The van der Waals surface area contributed by atoms with E-state index in [1.165, 1.54) is 0 Å². The third-order valence-electron chi connectivity index (χ3n) is 2.22. The van der Waals surface area contributed by atoms with E-state index < -0.39 is 10.0 Å². The van der Waals surface area contributed by atoms with Crippen molar-refractivity contribution in [1.82, 2.24) is 4.72 Å². The Morgan fingerprint density at radius 1 is 1.28 bits per heavy atom. The van der Waals surface area contributed by atoms with Gasteiger partial charge in [0.15, 0.2) is 0 Å². The van der Waals surface area contributed by atoms with Crippen LogP contribution in [0.15, 0.2) is 41.3 Å². The van der Waals surface area contributed by atoms with Crippen molar-refractivity contribution >= 4 is 15.7 Å². The molecule has 0 radical (unpaired) electrons. The van der Waals surface area contributed by atoms with Crippen LogP contribution >= 0.6 is 0 Å². The number of para-hydroxylation sites is 1. The number of nitrogens with two attached hydrogens (primary N) is 1. The van der Waals surface area contributed by atoms with Crippen LogP contribution in [0, 0.1) is 0 Å². The van der Waals surface area contributed by atoms with Crippen molar-refractivity contribution in [3.05, 3.63) is 36.4 Å². The average Bonchev–Trinajstić information content (AvgIpc) is 2.35. The Balaban J connectivity index is 2.89. The summed E-state index contributed by atoms with van der Waals surface area (Å²) in [4.78, 5) is 0.257. The van der Waals surface area contributed by atoms with Gasteiger partial charge in [0, 0.05) is 19.6 Å². The molecule has 0 amide bonds. The van der Waals surface area contributed by atoms with Crippen LogP contribution in [0.2, 0.25) is 0 Å². The molecule has 18 heavy (non-hydrogen) atoms. The summed E-state index contributed by atoms with van der Waals surface area (Å²) < 4.78 is 26.4. The van der Waals surface area contributed by atoms with E-state index in [2.05, 4.69) is 10.0 Å². The largest absolute Gasteiger partial charge is 0.380 e. The van der Waals surface area contributed by atoms with Gasteiger partial charge in [0.05, 0.1) is 5.69 Å². The topological polar surface area (TPSA) is 84.2 Å². The Morgan fingerprint density at radius 2 is 2.00 bits per heavy atom. The average molecular weight is 269 g/mol. The zero-order valence-electron chi connectivity index (χ0n) is 10.4. The van der Waals surface area contributed by atoms with Gasteiger partial charge in [-0.15, -0.1) is 0 Å². The molecule has 1 rings (SSSR count). The number of nitrogens with one attached hydrogen (secondary N) is 2. The zero-order chi connectivity index (χ0) is 13.4. The van der Waals surface area contributed by atoms with Crippen LogP contribution < -0.4 is 15.8 Å². The summed E-state index contributed by atoms with van der Waals surface area (Å²) in [6, 6.07) is 6.80. The Hall–Kier alpha value is -1.37. The maximum atomic E-state index is 12.0. The quantitative estimate of drug-likeness (QED) is 0.642. The molecule has 6 heteroatoms. The molecule has 0 fully saturated rings. The third kappa shape index (κ3) is 4.14. The van der Waals surface area contributed by atoms with Crippen LogP contribution in [0.4, 0.5) is 5.69 Å². The van der Waals surface area contributed by atoms with Gasteiger partial charge < -0.3 is 11.1 Å². The first-order valence-electron chi connectivity index (χ1n) is 5.79. The lowest BCUT2D eigenvalue weighted by Crippen LogP contribution is -2.24. The van der Waals surface area contributed by atoms with Crippen LogP contribution in [-0.2, 0) is 10.0 Å². The normalized spacial score (nSPS) is 11.9. The van der Waals surface area contributed by atoms with Crippen LogP contribution in [-0.4, -0.2) is 28.1 Å². The van der Waals surface area contributed by atoms with Crippen molar-refractivity contribution in [3.8, 4) is 0 Å². The van der Waals surface area contributed by atoms with Gasteiger partial charge in [-0.05, 0) is 12.1 Å². The van der Waals surface area contributed by atoms with Crippen molar-refractivity contribution in [2.24, 2.45) is 5.73 Å². The van der Waals surface area contributed by atoms with Crippen LogP contribution in [0.1, 0.15) is 6.92 Å². The van der Waals surface area contributed by atoms with Crippen LogP contribution in [0.25, 0.3) is 0 Å². The molecule has 0 aliphatic heterocycles. The molecule has 0 unspecified atom stereocenters. The maximum Gasteiger partial charge on any atom is 0.242 e. The first-order chi connectivity index (χ1) is 8.61. The van der Waals surface area contributed by atoms with Crippen molar-refractivity contribution in [2.45, 2.75) is 11.8 Å². The molecular formula is C12H19N3O2S. The highest BCUT2D eigenvalue weighted by molar-refractivity contribution is 7.89. The highest BCUT2D eigenvalue weighted by Crippen LogP contribution is 2.20. The number of hydrogen-bond acceptors (Lipinski definition) is 4. The van der Waals surface area contributed by atoms with E-state index in [1.807, 2.05) is 12.2 Å². The lowest BCUT2D eigenvalue weighted by molar-refractivity contribution is 0.584. The first-order valence-corrected chi connectivity index (χ1v) is 7.27. The number of rotatable bonds is 7. The number of sulfonamides is 1. The minimum atomic E-state index is -3.44. The fourth-order valence-electron chi connectivity index (χ4n) is 1.46. The minimum Gasteiger partial charge on any atom is -0.380 e. The van der Waals surface area contributed by atoms with E-state index in [0.717, 1.165) is 0 Å². The zero-order valence-corrected chi connectivity index (χ0v) is 11.2. The fraction of sp³-hybridized carbons (Fsp3) is 0.333. The second-order valence-electron chi connectivity index (χ2n) is 3.59. The molecule has 1 aromatic rings. The summed E-state index contributed by atoms with van der Waals surface area (Å²) in [7, 11) is -3.44. The Bertz CT molecular complexity index is 498. The van der Waals surface area contributed by atoms with Crippen molar-refractivity contribution in [1.29, 1.82) is 0 Å². The molecule has 0 saturated heterocycles. The molecule has 0 aromatic heterocycles. The summed E-state index contributed by atoms with van der Waals surface area (Å²) >= 11 is 0. The molecule has 1 aromatic carbocycles. The highest BCUT2D eigenvalue weighted by Gasteiger charge is 2.16. The van der Waals surface area contributed by atoms with Crippen molar-refractivity contribution < 1.29 is 8.42 Å². The highest BCUT2D eigenvalue weighted by atomic mass is 32.2. The van der Waals surface area contributed by atoms with Gasteiger partial charge in [0.2, 0.25) is 10.0 Å². The van der Waals surface area contributed by atoms with Crippen LogP contribution in [0.3, 0.4) is 0 Å². The second kappa shape index (κ2) is 7.15. The van der Waals surface area contributed by atoms with E-state index in [-0.39, 0.29) is 4.90 Å². The standard InChI is InChI=1S/C12H19N3O2S/c1-2-15-18(16,17)12-8-4-3-7-11(12)14-10-6-5-9-13/h3-8,14-15H,2,9-10,13H2,1H3/b6-5+. The SMILES string of the molecule is CCNS(=O)(=O)c1ccccc1NC/C=C/CN. The molecule has 0 heterocycles. The van der Waals surface area contributed by atoms with Gasteiger partial charge in [-0.3, -0.25) is 0 Å². The molecule has 0 aliphatic rings. The Labute approximate surface area is 108 Å². The van der Waals surface area contributed by atoms with E-state index in [4.69, 9.17) is 5.73 Å². The number of anilines is 1. The summed E-state index contributed by atoms with van der Waals surface area (Å²) in [6.45, 7) is 3.12. The molecule has 0 bridgehead atoms. The predicted molar refractivity (Wildman–Crippen MR) is 74.0 cm³/mol. The molecule has 0 aliphatic carbocycles. The second-order valence-corrected chi connectivity index (χ2v) is 5.32. The third-order valence-corrected chi connectivity index (χ3v) is 3.83. The molecule has 0 spiro atoms. The van der Waals surface area contributed by atoms with Gasteiger partial charge in [0.1, 0.15) is 4.90 Å². The predicted octanol–water partition coefficient (Wildman–Crippen LogP) is 0.912. The van der Waals surface area contributed by atoms with E-state index in [1.54, 1.807) is 31.2 Å².